The van der Waals surface area contributed by atoms with Crippen molar-refractivity contribution < 1.29 is 9.53 Å². The first-order valence-corrected chi connectivity index (χ1v) is 11.0. The molecule has 2 atom stereocenters. The average molecular weight is 428 g/mol. The van der Waals surface area contributed by atoms with E-state index in [9.17, 15) is 10.1 Å². The molecule has 160 valence electrons. The van der Waals surface area contributed by atoms with Crippen LogP contribution in [0.5, 0.6) is 0 Å². The van der Waals surface area contributed by atoms with E-state index in [1.807, 2.05) is 45.9 Å². The zero-order chi connectivity index (χ0) is 21.7. The molecule has 3 N–H and O–H groups in total. The Hall–Kier alpha value is -2.79. The minimum Gasteiger partial charge on any atom is -0.444 e. The summed E-state index contributed by atoms with van der Waals surface area (Å²) in [7, 11) is 0. The molecule has 0 saturated heterocycles. The number of anilines is 3. The van der Waals surface area contributed by atoms with Gasteiger partial charge in [0.05, 0.1) is 23.0 Å². The van der Waals surface area contributed by atoms with E-state index in [-0.39, 0.29) is 18.2 Å². The fourth-order valence-electron chi connectivity index (χ4n) is 3.54. The maximum Gasteiger partial charge on any atom is 0.407 e. The number of carbonyl (C=O) groups is 1. The van der Waals surface area contributed by atoms with Crippen LogP contribution in [-0.4, -0.2) is 28.2 Å². The lowest BCUT2D eigenvalue weighted by Gasteiger charge is -2.34. The van der Waals surface area contributed by atoms with Crippen molar-refractivity contribution in [3.63, 3.8) is 0 Å². The molecule has 1 amide bonds. The van der Waals surface area contributed by atoms with E-state index < -0.39 is 5.60 Å². The van der Waals surface area contributed by atoms with Crippen LogP contribution in [0.2, 0.25) is 0 Å². The molecule has 1 fully saturated rings. The first-order chi connectivity index (χ1) is 14.2. The molecule has 0 aliphatic heterocycles. The molecule has 0 spiro atoms. The van der Waals surface area contributed by atoms with Gasteiger partial charge in [0.2, 0.25) is 0 Å². The predicted molar refractivity (Wildman–Crippen MR) is 120 cm³/mol. The summed E-state index contributed by atoms with van der Waals surface area (Å²) in [5, 5.41) is 20.2. The molecule has 1 aromatic carbocycles. The van der Waals surface area contributed by atoms with Gasteiger partial charge in [-0.25, -0.2) is 4.79 Å². The van der Waals surface area contributed by atoms with Crippen LogP contribution in [0.25, 0.3) is 0 Å². The van der Waals surface area contributed by atoms with Crippen molar-refractivity contribution in [3.05, 3.63) is 35.5 Å². The molecular formula is C22H29N5O2S. The van der Waals surface area contributed by atoms with Gasteiger partial charge < -0.3 is 20.7 Å². The van der Waals surface area contributed by atoms with E-state index in [2.05, 4.69) is 26.4 Å². The Balaban J connectivity index is 1.72. The van der Waals surface area contributed by atoms with Crippen LogP contribution < -0.4 is 16.0 Å². The zero-order valence-corrected chi connectivity index (χ0v) is 18.7. The van der Waals surface area contributed by atoms with Gasteiger partial charge in [0.25, 0.3) is 0 Å². The van der Waals surface area contributed by atoms with E-state index in [1.54, 1.807) is 6.07 Å². The highest BCUT2D eigenvalue weighted by Gasteiger charge is 2.28. The monoisotopic (exact) mass is 427 g/mol. The van der Waals surface area contributed by atoms with Gasteiger partial charge in [-0.05, 0) is 76.3 Å². The number of aryl methyl sites for hydroxylation is 1. The van der Waals surface area contributed by atoms with Crippen molar-refractivity contribution >= 4 is 34.0 Å². The molecule has 1 aliphatic carbocycles. The highest BCUT2D eigenvalue weighted by Crippen LogP contribution is 2.29. The quantitative estimate of drug-likeness (QED) is 0.598. The molecule has 1 aliphatic rings. The van der Waals surface area contributed by atoms with Crippen LogP contribution in [0.15, 0.2) is 24.3 Å². The molecule has 7 nitrogen and oxygen atoms in total. The number of nitriles is 1. The van der Waals surface area contributed by atoms with Crippen molar-refractivity contribution in [1.82, 2.24) is 9.69 Å². The van der Waals surface area contributed by atoms with Gasteiger partial charge in [-0.15, -0.1) is 0 Å². The molecule has 3 rings (SSSR count). The molecular weight excluding hydrogens is 398 g/mol. The van der Waals surface area contributed by atoms with Crippen LogP contribution in [0, 0.1) is 18.3 Å². The number of ether oxygens (including phenoxy) is 1. The fourth-order valence-corrected chi connectivity index (χ4v) is 4.21. The Morgan fingerprint density at radius 1 is 1.23 bits per heavy atom. The number of carbonyl (C=O) groups excluding carboxylic acids is 1. The fraction of sp³-hybridized carbons (Fsp3) is 0.500. The Morgan fingerprint density at radius 3 is 2.60 bits per heavy atom. The van der Waals surface area contributed by atoms with Crippen molar-refractivity contribution in [2.45, 2.75) is 71.1 Å². The summed E-state index contributed by atoms with van der Waals surface area (Å²) in [5.74, 6) is 0. The number of hydrogen-bond acceptors (Lipinski definition) is 7. The lowest BCUT2D eigenvalue weighted by atomic mass is 9.90. The van der Waals surface area contributed by atoms with Crippen molar-refractivity contribution in [2.24, 2.45) is 0 Å². The van der Waals surface area contributed by atoms with Crippen molar-refractivity contribution in [2.75, 3.05) is 10.6 Å². The summed E-state index contributed by atoms with van der Waals surface area (Å²) in [6, 6.07) is 9.91. The van der Waals surface area contributed by atoms with E-state index in [4.69, 9.17) is 4.74 Å². The number of alkyl carbamates (subject to hydrolysis) is 1. The van der Waals surface area contributed by atoms with E-state index in [1.165, 1.54) is 11.5 Å². The topological polar surface area (TPSA) is 99.1 Å². The third-order valence-electron chi connectivity index (χ3n) is 4.85. The number of aromatic nitrogens is 1. The van der Waals surface area contributed by atoms with Gasteiger partial charge in [0.1, 0.15) is 16.7 Å². The molecule has 8 heteroatoms. The number of nitrogens with zero attached hydrogens (tertiary/aromatic N) is 2. The lowest BCUT2D eigenvalue weighted by Crippen LogP contribution is -2.49. The minimum absolute atomic E-state index is 0.00945. The smallest absolute Gasteiger partial charge is 0.407 e. The number of rotatable bonds is 5. The molecule has 1 heterocycles. The second kappa shape index (κ2) is 9.35. The van der Waals surface area contributed by atoms with Gasteiger partial charge in [-0.1, -0.05) is 12.8 Å². The average Bonchev–Trinajstić information content (AvgIpc) is 3.07. The molecule has 1 saturated carbocycles. The maximum atomic E-state index is 12.3. The first-order valence-electron chi connectivity index (χ1n) is 10.2. The second-order valence-electron chi connectivity index (χ2n) is 8.62. The molecule has 2 aromatic rings. The molecule has 0 radical (unpaired) electrons. The van der Waals surface area contributed by atoms with Gasteiger partial charge in [0, 0.05) is 11.7 Å². The SMILES string of the molecule is Cc1cc(Nc2cc(N[C@@H]3CCCC[C@@H]3NC(=O)OC(C)(C)C)ccc2C#N)sn1. The normalized spacial score (nSPS) is 18.9. The Kier molecular flexibility index (Phi) is 6.83. The number of hydrogen-bond donors (Lipinski definition) is 3. The van der Waals surface area contributed by atoms with Crippen LogP contribution >= 0.6 is 11.5 Å². The summed E-state index contributed by atoms with van der Waals surface area (Å²) < 4.78 is 9.70. The highest BCUT2D eigenvalue weighted by atomic mass is 32.1. The summed E-state index contributed by atoms with van der Waals surface area (Å²) in [5.41, 5.74) is 2.62. The highest BCUT2D eigenvalue weighted by molar-refractivity contribution is 7.10. The Labute approximate surface area is 182 Å². The van der Waals surface area contributed by atoms with Crippen LogP contribution in [-0.2, 0) is 4.74 Å². The Bertz CT molecular complexity index is 928. The largest absolute Gasteiger partial charge is 0.444 e. The standard InChI is InChI=1S/C22H29N5O2S/c1-14-11-20(30-27-14)25-19-12-16(10-9-15(19)13-23)24-17-7-5-6-8-18(17)26-21(28)29-22(2,3)4/h9-12,17-18,24-25H,5-8H2,1-4H3,(H,26,28)/t17-,18+/m1/s1. The van der Waals surface area contributed by atoms with E-state index >= 15 is 0 Å². The minimum atomic E-state index is -0.523. The summed E-state index contributed by atoms with van der Waals surface area (Å²) in [4.78, 5) is 12.3. The van der Waals surface area contributed by atoms with Gasteiger partial charge in [-0.3, -0.25) is 0 Å². The molecule has 1 aromatic heterocycles. The Morgan fingerprint density at radius 2 is 1.97 bits per heavy atom. The third-order valence-corrected chi connectivity index (χ3v) is 5.64. The molecule has 0 bridgehead atoms. The van der Waals surface area contributed by atoms with Gasteiger partial charge >= 0.3 is 6.09 Å². The lowest BCUT2D eigenvalue weighted by molar-refractivity contribution is 0.0488. The summed E-state index contributed by atoms with van der Waals surface area (Å²) in [6.45, 7) is 7.52. The van der Waals surface area contributed by atoms with Crippen molar-refractivity contribution in [3.8, 4) is 6.07 Å². The van der Waals surface area contributed by atoms with E-state index in [0.717, 1.165) is 47.8 Å². The number of benzene rings is 1. The molecule has 0 unspecified atom stereocenters. The summed E-state index contributed by atoms with van der Waals surface area (Å²) in [6.07, 6.45) is 3.65. The predicted octanol–water partition coefficient (Wildman–Crippen LogP) is 5.31. The second-order valence-corrected chi connectivity index (χ2v) is 9.42. The zero-order valence-electron chi connectivity index (χ0n) is 17.9. The van der Waals surface area contributed by atoms with E-state index in [0.29, 0.717) is 5.56 Å². The number of nitrogens with one attached hydrogen (secondary N) is 3. The van der Waals surface area contributed by atoms with Gasteiger partial charge in [0.15, 0.2) is 0 Å². The van der Waals surface area contributed by atoms with Crippen LogP contribution in [0.4, 0.5) is 21.2 Å². The maximum absolute atomic E-state index is 12.3. The third kappa shape index (κ3) is 6.10. The number of amides is 1. The van der Waals surface area contributed by atoms with Crippen LogP contribution in [0.1, 0.15) is 57.7 Å². The molecule has 30 heavy (non-hydrogen) atoms. The summed E-state index contributed by atoms with van der Waals surface area (Å²) >= 11 is 1.36. The van der Waals surface area contributed by atoms with Crippen molar-refractivity contribution in [1.29, 1.82) is 5.26 Å². The van der Waals surface area contributed by atoms with Gasteiger partial charge in [-0.2, -0.15) is 9.64 Å². The first kappa shape index (κ1) is 21.9. The van der Waals surface area contributed by atoms with Crippen LogP contribution in [0.3, 0.4) is 0 Å².